The lowest BCUT2D eigenvalue weighted by Gasteiger charge is -2.32. The van der Waals surface area contributed by atoms with Crippen molar-refractivity contribution in [1.82, 2.24) is 0 Å². The highest BCUT2D eigenvalue weighted by molar-refractivity contribution is 6.15. The van der Waals surface area contributed by atoms with E-state index < -0.39 is 0 Å². The maximum Gasteiger partial charge on any atom is 0.231 e. The second-order valence-corrected chi connectivity index (χ2v) is 8.24. The number of ether oxygens (including phenoxy) is 6. The fourth-order valence-corrected chi connectivity index (χ4v) is 4.52. The normalized spacial score (nSPS) is 16.8. The maximum absolute atomic E-state index is 13.2. The second kappa shape index (κ2) is 8.47. The number of ketones is 1. The van der Waals surface area contributed by atoms with Crippen LogP contribution in [-0.4, -0.2) is 39.9 Å². The molecule has 8 heteroatoms. The average molecular weight is 473 g/mol. The quantitative estimate of drug-likeness (QED) is 0.515. The van der Waals surface area contributed by atoms with Crippen LogP contribution in [0.5, 0.6) is 34.5 Å². The van der Waals surface area contributed by atoms with E-state index in [1.807, 2.05) is 36.4 Å². The van der Waals surface area contributed by atoms with Crippen LogP contribution in [0.15, 0.2) is 54.3 Å². The largest absolute Gasteiger partial charge is 0.493 e. The molecule has 3 aliphatic rings. The number of para-hydroxylation sites is 1. The lowest BCUT2D eigenvalue weighted by Crippen LogP contribution is -2.32. The van der Waals surface area contributed by atoms with Crippen LogP contribution in [-0.2, 0) is 6.54 Å². The van der Waals surface area contributed by atoms with Crippen molar-refractivity contribution < 1.29 is 33.2 Å². The molecular formula is C27H23NO7. The van der Waals surface area contributed by atoms with Gasteiger partial charge in [0.1, 0.15) is 24.7 Å². The van der Waals surface area contributed by atoms with Crippen LogP contribution in [0.3, 0.4) is 0 Å². The summed E-state index contributed by atoms with van der Waals surface area (Å²) < 4.78 is 34.4. The van der Waals surface area contributed by atoms with Crippen LogP contribution in [0, 0.1) is 0 Å². The number of methoxy groups -OCH3 is 2. The van der Waals surface area contributed by atoms with Crippen LogP contribution < -0.4 is 33.3 Å². The highest BCUT2D eigenvalue weighted by Crippen LogP contribution is 2.44. The number of fused-ring (bicyclic) bond motifs is 4. The van der Waals surface area contributed by atoms with Crippen LogP contribution in [0.25, 0.3) is 6.08 Å². The number of rotatable bonds is 4. The van der Waals surface area contributed by atoms with E-state index in [0.29, 0.717) is 66.4 Å². The second-order valence-electron chi connectivity index (χ2n) is 8.24. The Labute approximate surface area is 202 Å². The van der Waals surface area contributed by atoms with Crippen molar-refractivity contribution in [2.24, 2.45) is 0 Å². The number of benzene rings is 3. The molecule has 0 saturated heterocycles. The molecular weight excluding hydrogens is 450 g/mol. The van der Waals surface area contributed by atoms with Crippen LogP contribution in [0.1, 0.15) is 21.5 Å². The number of anilines is 1. The van der Waals surface area contributed by atoms with E-state index in [1.165, 1.54) is 0 Å². The molecule has 3 aromatic carbocycles. The zero-order chi connectivity index (χ0) is 23.9. The van der Waals surface area contributed by atoms with E-state index in [4.69, 9.17) is 28.4 Å². The van der Waals surface area contributed by atoms with Crippen molar-refractivity contribution in [1.29, 1.82) is 0 Å². The minimum absolute atomic E-state index is 0.191. The Morgan fingerprint density at radius 2 is 1.74 bits per heavy atom. The van der Waals surface area contributed by atoms with Gasteiger partial charge in [0.25, 0.3) is 0 Å². The molecule has 0 amide bonds. The molecule has 0 atom stereocenters. The van der Waals surface area contributed by atoms with Crippen molar-refractivity contribution in [2.75, 3.05) is 39.1 Å². The Morgan fingerprint density at radius 3 is 2.57 bits per heavy atom. The third kappa shape index (κ3) is 3.58. The van der Waals surface area contributed by atoms with Crippen LogP contribution in [0.2, 0.25) is 0 Å². The molecule has 0 aromatic heterocycles. The van der Waals surface area contributed by atoms with E-state index in [0.717, 1.165) is 17.0 Å². The summed E-state index contributed by atoms with van der Waals surface area (Å²) in [7, 11) is 3.13. The first kappa shape index (κ1) is 21.2. The summed E-state index contributed by atoms with van der Waals surface area (Å²) in [6.07, 6.45) is 1.68. The fraction of sp³-hybridized carbons (Fsp3) is 0.222. The summed E-state index contributed by atoms with van der Waals surface area (Å²) >= 11 is 0. The van der Waals surface area contributed by atoms with E-state index in [2.05, 4.69) is 4.90 Å². The topological polar surface area (TPSA) is 75.7 Å². The lowest BCUT2D eigenvalue weighted by atomic mass is 10.0. The van der Waals surface area contributed by atoms with E-state index in [-0.39, 0.29) is 11.5 Å². The van der Waals surface area contributed by atoms with Crippen molar-refractivity contribution in [3.63, 3.8) is 0 Å². The molecule has 35 heavy (non-hydrogen) atoms. The molecule has 0 saturated carbocycles. The molecule has 0 unspecified atom stereocenters. The van der Waals surface area contributed by atoms with Crippen molar-refractivity contribution in [2.45, 2.75) is 6.54 Å². The van der Waals surface area contributed by atoms with Crippen LogP contribution in [0.4, 0.5) is 5.69 Å². The van der Waals surface area contributed by atoms with E-state index >= 15 is 0 Å². The highest BCUT2D eigenvalue weighted by Gasteiger charge is 2.34. The molecule has 178 valence electrons. The number of nitrogens with zero attached hydrogens (tertiary/aromatic N) is 1. The Kier molecular flexibility index (Phi) is 5.13. The molecule has 0 fully saturated rings. The van der Waals surface area contributed by atoms with Gasteiger partial charge in [-0.15, -0.1) is 0 Å². The molecule has 8 nitrogen and oxygen atoms in total. The van der Waals surface area contributed by atoms with Gasteiger partial charge in [0.05, 0.1) is 31.9 Å². The number of carbonyl (C=O) groups is 1. The lowest BCUT2D eigenvalue weighted by molar-refractivity contribution is 0.101. The van der Waals surface area contributed by atoms with Crippen LogP contribution >= 0.6 is 0 Å². The van der Waals surface area contributed by atoms with Gasteiger partial charge in [0.2, 0.25) is 5.78 Å². The van der Waals surface area contributed by atoms with Gasteiger partial charge in [-0.05, 0) is 36.4 Å². The Bertz CT molecular complexity index is 1360. The molecule has 0 aliphatic carbocycles. The summed E-state index contributed by atoms with van der Waals surface area (Å²) in [5.41, 5.74) is 2.94. The van der Waals surface area contributed by atoms with Gasteiger partial charge in [-0.3, -0.25) is 4.79 Å². The smallest absolute Gasteiger partial charge is 0.231 e. The third-order valence-electron chi connectivity index (χ3n) is 6.23. The SMILES string of the molecule is COc1cccc(C=C2Oc3c(ccc4c3CN(c3ccc5c(c3)OCCO5)CO4)C2=O)c1OC. The van der Waals surface area contributed by atoms with Gasteiger partial charge >= 0.3 is 0 Å². The molecule has 6 rings (SSSR count). The van der Waals surface area contributed by atoms with Gasteiger partial charge in [-0.1, -0.05) is 12.1 Å². The number of allylic oxidation sites excluding steroid dienone is 1. The summed E-state index contributed by atoms with van der Waals surface area (Å²) in [6, 6.07) is 14.9. The minimum atomic E-state index is -0.191. The third-order valence-corrected chi connectivity index (χ3v) is 6.23. The van der Waals surface area contributed by atoms with Crippen molar-refractivity contribution in [3.8, 4) is 34.5 Å². The van der Waals surface area contributed by atoms with Gasteiger partial charge in [-0.25, -0.2) is 0 Å². The predicted molar refractivity (Wildman–Crippen MR) is 128 cm³/mol. The first-order chi connectivity index (χ1) is 17.2. The maximum atomic E-state index is 13.2. The summed E-state index contributed by atoms with van der Waals surface area (Å²) in [6.45, 7) is 1.94. The molecule has 0 N–H and O–H groups in total. The van der Waals surface area contributed by atoms with Crippen molar-refractivity contribution in [3.05, 3.63) is 71.0 Å². The number of Topliss-reactive ketones (excluding diaryl/α,β-unsaturated/α-hetero) is 1. The molecule has 0 radical (unpaired) electrons. The van der Waals surface area contributed by atoms with Gasteiger partial charge < -0.3 is 33.3 Å². The molecule has 0 spiro atoms. The molecule has 3 aromatic rings. The number of carbonyl (C=O) groups excluding carboxylic acids is 1. The number of hydrogen-bond donors (Lipinski definition) is 0. The first-order valence-corrected chi connectivity index (χ1v) is 11.2. The standard InChI is InChI=1S/C27H23NO7/c1-30-22-5-3-4-16(26(22)31-2)12-24-25(29)18-7-9-20-19(27(18)35-24)14-28(15-34-20)17-6-8-21-23(13-17)33-11-10-32-21/h3-9,12-13H,10-11,14-15H2,1-2H3. The monoisotopic (exact) mass is 473 g/mol. The highest BCUT2D eigenvalue weighted by atomic mass is 16.6. The zero-order valence-corrected chi connectivity index (χ0v) is 19.3. The summed E-state index contributed by atoms with van der Waals surface area (Å²) in [5.74, 6) is 3.79. The molecule has 3 aliphatic heterocycles. The average Bonchev–Trinajstić information content (AvgIpc) is 3.23. The molecule has 3 heterocycles. The minimum Gasteiger partial charge on any atom is -0.493 e. The summed E-state index contributed by atoms with van der Waals surface area (Å²) in [4.78, 5) is 15.3. The fourth-order valence-electron chi connectivity index (χ4n) is 4.52. The first-order valence-electron chi connectivity index (χ1n) is 11.2. The Morgan fingerprint density at radius 1 is 0.914 bits per heavy atom. The molecule has 0 bridgehead atoms. The Balaban J connectivity index is 1.33. The zero-order valence-electron chi connectivity index (χ0n) is 19.3. The predicted octanol–water partition coefficient (Wildman–Crippen LogP) is 4.45. The number of hydrogen-bond acceptors (Lipinski definition) is 8. The van der Waals surface area contributed by atoms with Gasteiger partial charge in [0.15, 0.2) is 35.5 Å². The van der Waals surface area contributed by atoms with Crippen molar-refractivity contribution >= 4 is 17.5 Å². The van der Waals surface area contributed by atoms with E-state index in [1.54, 1.807) is 32.4 Å². The Hall–Kier alpha value is -4.33. The van der Waals surface area contributed by atoms with E-state index in [9.17, 15) is 4.79 Å². The van der Waals surface area contributed by atoms with Gasteiger partial charge in [-0.2, -0.15) is 0 Å². The van der Waals surface area contributed by atoms with Gasteiger partial charge in [0, 0.05) is 17.3 Å². The summed E-state index contributed by atoms with van der Waals surface area (Å²) in [5, 5.41) is 0.